The van der Waals surface area contributed by atoms with Crippen LogP contribution in [0, 0.1) is 5.82 Å². The van der Waals surface area contributed by atoms with Crippen LogP contribution in [0.1, 0.15) is 15.9 Å². The first-order valence-corrected chi connectivity index (χ1v) is 13.0. The number of fused-ring (bicyclic) bond motifs is 3. The quantitative estimate of drug-likeness (QED) is 0.292. The number of benzene rings is 2. The summed E-state index contributed by atoms with van der Waals surface area (Å²) in [6.07, 6.45) is 0. The zero-order chi connectivity index (χ0) is 26.8. The number of ether oxygens (including phenoxy) is 3. The summed E-state index contributed by atoms with van der Waals surface area (Å²) in [6, 6.07) is 9.35. The van der Waals surface area contributed by atoms with Gasteiger partial charge < -0.3 is 19.5 Å². The van der Waals surface area contributed by atoms with Gasteiger partial charge in [0.25, 0.3) is 0 Å². The minimum Gasteiger partial charge on any atom is -0.489 e. The lowest BCUT2D eigenvalue weighted by Gasteiger charge is -2.27. The molecule has 1 aliphatic carbocycles. The number of ketones is 1. The van der Waals surface area contributed by atoms with Crippen molar-refractivity contribution in [3.8, 4) is 28.3 Å². The average Bonchev–Trinajstić information content (AvgIpc) is 3.51. The first-order chi connectivity index (χ1) is 19.1. The number of halogens is 3. The van der Waals surface area contributed by atoms with E-state index in [9.17, 15) is 14.0 Å². The van der Waals surface area contributed by atoms with E-state index in [0.29, 0.717) is 92.0 Å². The van der Waals surface area contributed by atoms with E-state index in [2.05, 4.69) is 25.8 Å². The van der Waals surface area contributed by atoms with Crippen molar-refractivity contribution in [2.45, 2.75) is 0 Å². The van der Waals surface area contributed by atoms with Crippen LogP contribution in [0.5, 0.6) is 5.75 Å². The van der Waals surface area contributed by atoms with Crippen molar-refractivity contribution in [1.82, 2.24) is 25.5 Å². The molecule has 2 aliphatic heterocycles. The van der Waals surface area contributed by atoms with Crippen molar-refractivity contribution in [2.75, 3.05) is 71.1 Å². The summed E-state index contributed by atoms with van der Waals surface area (Å²) in [5.74, 6) is -0.680. The van der Waals surface area contributed by atoms with Crippen LogP contribution in [0.3, 0.4) is 0 Å². The van der Waals surface area contributed by atoms with E-state index >= 15 is 0 Å². The van der Waals surface area contributed by atoms with Gasteiger partial charge in [0.2, 0.25) is 0 Å². The number of H-pyrrole nitrogens is 1. The SMILES string of the molecule is Cl.Cl.O=C(Nc1cccc2c1C(=O)c1c(-c3ccc(OCCN4CCOCC4)c(F)c3)n[nH]c1-2)NN1CCOCC1. The Morgan fingerprint density at radius 2 is 1.76 bits per heavy atom. The molecule has 2 fully saturated rings. The largest absolute Gasteiger partial charge is 0.489 e. The number of rotatable bonds is 7. The van der Waals surface area contributed by atoms with Gasteiger partial charge in [-0.3, -0.25) is 20.2 Å². The predicted octanol–water partition coefficient (Wildman–Crippen LogP) is 3.35. The summed E-state index contributed by atoms with van der Waals surface area (Å²) < 4.78 is 31.3. The van der Waals surface area contributed by atoms with Crippen LogP contribution in [-0.4, -0.2) is 97.7 Å². The number of carbonyl (C=O) groups excluding carboxylic acids is 2. The summed E-state index contributed by atoms with van der Waals surface area (Å²) in [4.78, 5) is 28.4. The van der Waals surface area contributed by atoms with Crippen molar-refractivity contribution >= 4 is 42.3 Å². The number of morpholine rings is 2. The van der Waals surface area contributed by atoms with E-state index in [0.717, 1.165) is 13.1 Å². The molecule has 0 atom stereocenters. The Morgan fingerprint density at radius 3 is 2.49 bits per heavy atom. The predicted molar refractivity (Wildman–Crippen MR) is 155 cm³/mol. The first kappa shape index (κ1) is 30.7. The van der Waals surface area contributed by atoms with Crippen molar-refractivity contribution in [1.29, 1.82) is 0 Å². The summed E-state index contributed by atoms with van der Waals surface area (Å²) in [7, 11) is 0. The second-order valence-corrected chi connectivity index (χ2v) is 9.49. The Bertz CT molecular complexity index is 1390. The molecule has 3 aromatic rings. The maximum absolute atomic E-state index is 15.0. The molecule has 2 amide bonds. The fourth-order valence-electron chi connectivity index (χ4n) is 5.04. The topological polar surface area (TPSA) is 121 Å². The summed E-state index contributed by atoms with van der Waals surface area (Å²) in [5.41, 5.74) is 5.82. The van der Waals surface area contributed by atoms with Gasteiger partial charge in [0.05, 0.1) is 48.9 Å². The molecule has 0 radical (unpaired) electrons. The van der Waals surface area contributed by atoms with E-state index in [1.54, 1.807) is 35.3 Å². The van der Waals surface area contributed by atoms with Gasteiger partial charge in [-0.2, -0.15) is 5.10 Å². The van der Waals surface area contributed by atoms with Gasteiger partial charge in [-0.1, -0.05) is 12.1 Å². The smallest absolute Gasteiger partial charge is 0.333 e. The highest BCUT2D eigenvalue weighted by atomic mass is 35.5. The number of nitrogens with one attached hydrogen (secondary N) is 3. The monoisotopic (exact) mass is 608 g/mol. The zero-order valence-corrected chi connectivity index (χ0v) is 23.7. The molecule has 1 aromatic heterocycles. The molecule has 11 nitrogen and oxygen atoms in total. The van der Waals surface area contributed by atoms with Crippen LogP contribution >= 0.6 is 24.8 Å². The molecule has 0 unspecified atom stereocenters. The van der Waals surface area contributed by atoms with Crippen LogP contribution in [0.15, 0.2) is 36.4 Å². The van der Waals surface area contributed by atoms with Crippen molar-refractivity contribution in [3.63, 3.8) is 0 Å². The molecule has 0 bridgehead atoms. The molecule has 14 heteroatoms. The second kappa shape index (κ2) is 13.6. The summed E-state index contributed by atoms with van der Waals surface area (Å²) in [5, 5.41) is 11.8. The van der Waals surface area contributed by atoms with E-state index in [1.807, 2.05) is 0 Å². The molecule has 41 heavy (non-hydrogen) atoms. The molecule has 2 aromatic carbocycles. The van der Waals surface area contributed by atoms with E-state index in [4.69, 9.17) is 14.2 Å². The lowest BCUT2D eigenvalue weighted by molar-refractivity contribution is 0.0207. The molecular formula is C27H31Cl2FN6O5. The molecule has 3 N–H and O–H groups in total. The summed E-state index contributed by atoms with van der Waals surface area (Å²) in [6.45, 7) is 6.32. The zero-order valence-electron chi connectivity index (χ0n) is 22.1. The fraction of sp³-hybridized carbons (Fsp3) is 0.370. The number of aromatic amines is 1. The molecule has 220 valence electrons. The molecular weight excluding hydrogens is 578 g/mol. The minimum absolute atomic E-state index is 0. The van der Waals surface area contributed by atoms with Gasteiger partial charge in [-0.05, 0) is 24.3 Å². The third-order valence-electron chi connectivity index (χ3n) is 7.05. The number of anilines is 1. The van der Waals surface area contributed by atoms with Gasteiger partial charge in [-0.25, -0.2) is 14.2 Å². The third kappa shape index (κ3) is 6.48. The Labute approximate surface area is 248 Å². The molecule has 3 aliphatic rings. The summed E-state index contributed by atoms with van der Waals surface area (Å²) >= 11 is 0. The number of urea groups is 1. The van der Waals surface area contributed by atoms with Gasteiger partial charge in [0, 0.05) is 43.9 Å². The molecule has 3 heterocycles. The highest BCUT2D eigenvalue weighted by Crippen LogP contribution is 2.43. The number of nitrogens with zero attached hydrogens (tertiary/aromatic N) is 3. The van der Waals surface area contributed by atoms with Crippen molar-refractivity contribution in [2.24, 2.45) is 0 Å². The lowest BCUT2D eigenvalue weighted by Crippen LogP contribution is -2.49. The second-order valence-electron chi connectivity index (χ2n) is 9.49. The normalized spacial score (nSPS) is 16.7. The molecule has 0 saturated carbocycles. The van der Waals surface area contributed by atoms with Gasteiger partial charge in [0.1, 0.15) is 12.3 Å². The number of aromatic nitrogens is 2. The number of carbonyl (C=O) groups is 2. The van der Waals surface area contributed by atoms with Crippen LogP contribution in [0.4, 0.5) is 14.9 Å². The standard InChI is InChI=1S/C27H29FN6O5.2ClH/c28-19-16-17(4-5-21(19)39-15-8-33-6-11-37-12-7-33)24-23-25(31-30-24)18-2-1-3-20(22(18)26(23)35)29-27(36)32-34-9-13-38-14-10-34;;/h1-5,16H,6-15H2,(H,30,31)(H2,29,32,36);2*1H. The Kier molecular flexibility index (Phi) is 10.2. The Morgan fingerprint density at radius 1 is 1.02 bits per heavy atom. The van der Waals surface area contributed by atoms with Gasteiger partial charge >= 0.3 is 6.03 Å². The van der Waals surface area contributed by atoms with Crippen LogP contribution in [0.25, 0.3) is 22.5 Å². The van der Waals surface area contributed by atoms with Gasteiger partial charge in [0.15, 0.2) is 17.3 Å². The van der Waals surface area contributed by atoms with Gasteiger partial charge in [-0.15, -0.1) is 24.8 Å². The number of amides is 2. The van der Waals surface area contributed by atoms with E-state index in [-0.39, 0.29) is 36.3 Å². The maximum atomic E-state index is 15.0. The molecule has 6 rings (SSSR count). The first-order valence-electron chi connectivity index (χ1n) is 13.0. The maximum Gasteiger partial charge on any atom is 0.333 e. The van der Waals surface area contributed by atoms with Crippen LogP contribution < -0.4 is 15.5 Å². The Hall–Kier alpha value is -3.26. The minimum atomic E-state index is -0.531. The van der Waals surface area contributed by atoms with Crippen molar-refractivity contribution < 1.29 is 28.2 Å². The fourth-order valence-corrected chi connectivity index (χ4v) is 5.04. The van der Waals surface area contributed by atoms with Crippen LogP contribution in [-0.2, 0) is 9.47 Å². The average molecular weight is 609 g/mol. The highest BCUT2D eigenvalue weighted by Gasteiger charge is 2.35. The number of hydrogen-bond donors (Lipinski definition) is 3. The third-order valence-corrected chi connectivity index (χ3v) is 7.05. The van der Waals surface area contributed by atoms with E-state index < -0.39 is 11.8 Å². The van der Waals surface area contributed by atoms with Crippen molar-refractivity contribution in [3.05, 3.63) is 53.3 Å². The molecule has 0 spiro atoms. The number of hydrogen-bond acceptors (Lipinski definition) is 8. The molecule has 2 saturated heterocycles. The van der Waals surface area contributed by atoms with Crippen LogP contribution in [0.2, 0.25) is 0 Å². The lowest BCUT2D eigenvalue weighted by atomic mass is 10.0. The number of hydrazine groups is 1. The Balaban J connectivity index is 0.00000194. The highest BCUT2D eigenvalue weighted by molar-refractivity contribution is 6.26. The van der Waals surface area contributed by atoms with E-state index in [1.165, 1.54) is 6.07 Å².